The number of aliphatic hydroxyl groups excluding tert-OH is 1. The van der Waals surface area contributed by atoms with E-state index in [4.69, 9.17) is 9.63 Å². The molecule has 0 fully saturated rings. The van der Waals surface area contributed by atoms with Crippen LogP contribution in [0.15, 0.2) is 22.0 Å². The standard InChI is InChI=1S/C15H16N2O3S/c1-11-7-14(16-20-11)15(19)17(2)9-12-8-13(21-10-12)5-3-4-6-18/h7-8,10,18H,4,6,9H2,1-2H3. The van der Waals surface area contributed by atoms with Gasteiger partial charge < -0.3 is 14.5 Å². The highest BCUT2D eigenvalue weighted by molar-refractivity contribution is 7.10. The average molecular weight is 304 g/mol. The summed E-state index contributed by atoms with van der Waals surface area (Å²) in [6.07, 6.45) is 0.469. The number of aromatic nitrogens is 1. The third kappa shape index (κ3) is 4.18. The van der Waals surface area contributed by atoms with Gasteiger partial charge in [-0.25, -0.2) is 0 Å². The second-order valence-electron chi connectivity index (χ2n) is 4.58. The summed E-state index contributed by atoms with van der Waals surface area (Å²) in [6, 6.07) is 3.57. The fraction of sp³-hybridized carbons (Fsp3) is 0.333. The summed E-state index contributed by atoms with van der Waals surface area (Å²) in [4.78, 5) is 14.6. The number of aliphatic hydroxyl groups is 1. The Hall–Kier alpha value is -2.10. The minimum absolute atomic E-state index is 0.0690. The van der Waals surface area contributed by atoms with Gasteiger partial charge in [0.1, 0.15) is 5.76 Å². The summed E-state index contributed by atoms with van der Waals surface area (Å²) in [7, 11) is 1.72. The fourth-order valence-corrected chi connectivity index (χ4v) is 2.51. The zero-order valence-corrected chi connectivity index (χ0v) is 12.7. The molecule has 2 aromatic rings. The van der Waals surface area contributed by atoms with Gasteiger partial charge in [-0.15, -0.1) is 11.3 Å². The molecule has 0 atom stereocenters. The van der Waals surface area contributed by atoms with Crippen molar-refractivity contribution in [3.05, 3.63) is 39.4 Å². The molecule has 2 heterocycles. The molecule has 6 heteroatoms. The SMILES string of the molecule is Cc1cc(C(=O)N(C)Cc2csc(C#CCCO)c2)no1. The first-order valence-corrected chi connectivity index (χ1v) is 7.34. The van der Waals surface area contributed by atoms with Crippen LogP contribution in [-0.2, 0) is 6.54 Å². The van der Waals surface area contributed by atoms with Gasteiger partial charge in [0.15, 0.2) is 5.69 Å². The first kappa shape index (κ1) is 15.3. The van der Waals surface area contributed by atoms with E-state index in [1.54, 1.807) is 24.9 Å². The number of aryl methyl sites for hydroxylation is 1. The van der Waals surface area contributed by atoms with E-state index in [1.807, 2.05) is 11.4 Å². The van der Waals surface area contributed by atoms with Crippen molar-refractivity contribution in [2.45, 2.75) is 19.9 Å². The minimum atomic E-state index is -0.175. The van der Waals surface area contributed by atoms with Crippen LogP contribution in [0.5, 0.6) is 0 Å². The molecule has 0 saturated heterocycles. The molecule has 0 aliphatic heterocycles. The second-order valence-corrected chi connectivity index (χ2v) is 5.49. The third-order valence-corrected chi connectivity index (χ3v) is 3.61. The van der Waals surface area contributed by atoms with Crippen molar-refractivity contribution in [1.82, 2.24) is 10.1 Å². The number of carbonyl (C=O) groups excluding carboxylic acids is 1. The normalized spacial score (nSPS) is 10.0. The number of nitrogens with zero attached hydrogens (tertiary/aromatic N) is 2. The topological polar surface area (TPSA) is 66.6 Å². The molecule has 1 amide bonds. The lowest BCUT2D eigenvalue weighted by Gasteiger charge is -2.14. The van der Waals surface area contributed by atoms with Crippen molar-refractivity contribution in [2.75, 3.05) is 13.7 Å². The predicted octanol–water partition coefficient (Wildman–Crippen LogP) is 2.05. The predicted molar refractivity (Wildman–Crippen MR) is 79.9 cm³/mol. The van der Waals surface area contributed by atoms with E-state index >= 15 is 0 Å². The summed E-state index contributed by atoms with van der Waals surface area (Å²) < 4.78 is 4.91. The summed E-state index contributed by atoms with van der Waals surface area (Å²) in [6.45, 7) is 2.31. The van der Waals surface area contributed by atoms with Gasteiger partial charge in [0.25, 0.3) is 5.91 Å². The van der Waals surface area contributed by atoms with Crippen LogP contribution in [0.3, 0.4) is 0 Å². The molecule has 21 heavy (non-hydrogen) atoms. The minimum Gasteiger partial charge on any atom is -0.395 e. The smallest absolute Gasteiger partial charge is 0.276 e. The molecule has 110 valence electrons. The Morgan fingerprint density at radius 1 is 1.52 bits per heavy atom. The van der Waals surface area contributed by atoms with E-state index in [1.165, 1.54) is 11.3 Å². The molecule has 2 rings (SSSR count). The number of rotatable bonds is 4. The molecule has 5 nitrogen and oxygen atoms in total. The van der Waals surface area contributed by atoms with Gasteiger partial charge >= 0.3 is 0 Å². The Balaban J connectivity index is 1.98. The van der Waals surface area contributed by atoms with E-state index in [2.05, 4.69) is 17.0 Å². The first-order chi connectivity index (χ1) is 10.1. The van der Waals surface area contributed by atoms with E-state index in [0.29, 0.717) is 24.4 Å². The molecule has 0 saturated carbocycles. The first-order valence-electron chi connectivity index (χ1n) is 6.46. The zero-order chi connectivity index (χ0) is 15.2. The van der Waals surface area contributed by atoms with E-state index in [0.717, 1.165) is 10.4 Å². The Kier molecular flexibility index (Phi) is 5.14. The molecule has 0 bridgehead atoms. The lowest BCUT2D eigenvalue weighted by Crippen LogP contribution is -2.26. The third-order valence-electron chi connectivity index (χ3n) is 2.72. The van der Waals surface area contributed by atoms with Crippen molar-refractivity contribution in [1.29, 1.82) is 0 Å². The Labute approximate surface area is 127 Å². The van der Waals surface area contributed by atoms with Crippen molar-refractivity contribution in [3.63, 3.8) is 0 Å². The highest BCUT2D eigenvalue weighted by atomic mass is 32.1. The number of hydrogen-bond acceptors (Lipinski definition) is 5. The van der Waals surface area contributed by atoms with Crippen LogP contribution >= 0.6 is 11.3 Å². The summed E-state index contributed by atoms with van der Waals surface area (Å²) >= 11 is 1.53. The number of amides is 1. The number of thiophene rings is 1. The van der Waals surface area contributed by atoms with Gasteiger partial charge in [0.2, 0.25) is 0 Å². The summed E-state index contributed by atoms with van der Waals surface area (Å²) in [5.74, 6) is 6.30. The van der Waals surface area contributed by atoms with Gasteiger partial charge in [-0.3, -0.25) is 4.79 Å². The molecule has 0 unspecified atom stereocenters. The van der Waals surface area contributed by atoms with Crippen LogP contribution in [0.2, 0.25) is 0 Å². The monoisotopic (exact) mass is 304 g/mol. The zero-order valence-electron chi connectivity index (χ0n) is 11.9. The van der Waals surface area contributed by atoms with Crippen LogP contribution in [-0.4, -0.2) is 34.7 Å². The van der Waals surface area contributed by atoms with Gasteiger partial charge in [0.05, 0.1) is 11.5 Å². The maximum absolute atomic E-state index is 12.1. The molecule has 1 N–H and O–H groups in total. The van der Waals surface area contributed by atoms with Gasteiger partial charge in [-0.1, -0.05) is 17.0 Å². The number of carbonyl (C=O) groups is 1. The van der Waals surface area contributed by atoms with Crippen LogP contribution in [0.25, 0.3) is 0 Å². The van der Waals surface area contributed by atoms with Crippen LogP contribution in [0.4, 0.5) is 0 Å². The molecule has 0 aliphatic carbocycles. The van der Waals surface area contributed by atoms with Gasteiger partial charge in [0, 0.05) is 26.1 Å². The lowest BCUT2D eigenvalue weighted by molar-refractivity contribution is 0.0775. The molecule has 0 aliphatic rings. The van der Waals surface area contributed by atoms with E-state index < -0.39 is 0 Å². The van der Waals surface area contributed by atoms with E-state index in [9.17, 15) is 4.79 Å². The summed E-state index contributed by atoms with van der Waals surface area (Å²) in [5, 5.41) is 14.4. The molecular weight excluding hydrogens is 288 g/mol. The Bertz CT molecular complexity index is 678. The van der Waals surface area contributed by atoms with Gasteiger partial charge in [-0.05, 0) is 23.9 Å². The molecule has 0 aromatic carbocycles. The van der Waals surface area contributed by atoms with Crippen LogP contribution in [0, 0.1) is 18.8 Å². The van der Waals surface area contributed by atoms with Crippen molar-refractivity contribution in [3.8, 4) is 11.8 Å². The quantitative estimate of drug-likeness (QED) is 0.878. The highest BCUT2D eigenvalue weighted by Gasteiger charge is 2.16. The number of hydrogen-bond donors (Lipinski definition) is 1. The highest BCUT2D eigenvalue weighted by Crippen LogP contribution is 2.16. The molecule has 0 spiro atoms. The largest absolute Gasteiger partial charge is 0.395 e. The van der Waals surface area contributed by atoms with Crippen LogP contribution in [0.1, 0.15) is 33.1 Å². The second kappa shape index (κ2) is 7.07. The van der Waals surface area contributed by atoms with E-state index in [-0.39, 0.29) is 12.5 Å². The maximum Gasteiger partial charge on any atom is 0.276 e. The maximum atomic E-state index is 12.1. The van der Waals surface area contributed by atoms with Crippen molar-refractivity contribution < 1.29 is 14.4 Å². The lowest BCUT2D eigenvalue weighted by atomic mass is 10.2. The average Bonchev–Trinajstić information content (AvgIpc) is 3.07. The fourth-order valence-electron chi connectivity index (χ4n) is 1.74. The summed E-state index contributed by atoms with van der Waals surface area (Å²) in [5.41, 5.74) is 1.33. The van der Waals surface area contributed by atoms with Crippen molar-refractivity contribution in [2.24, 2.45) is 0 Å². The Morgan fingerprint density at radius 3 is 3.00 bits per heavy atom. The molecule has 0 radical (unpaired) electrons. The van der Waals surface area contributed by atoms with Gasteiger partial charge in [-0.2, -0.15) is 0 Å². The molecule has 2 aromatic heterocycles. The van der Waals surface area contributed by atoms with Crippen molar-refractivity contribution >= 4 is 17.2 Å². The Morgan fingerprint density at radius 2 is 2.33 bits per heavy atom. The van der Waals surface area contributed by atoms with Crippen LogP contribution < -0.4 is 0 Å². The molecular formula is C15H16N2O3S.